The number of hydrogen-bond acceptors (Lipinski definition) is 2. The molecule has 2 aromatic rings. The predicted molar refractivity (Wildman–Crippen MR) is 95.3 cm³/mol. The number of aromatic nitrogens is 1. The summed E-state index contributed by atoms with van der Waals surface area (Å²) in [4.78, 5) is 20.3. The molecule has 4 rings (SSSR count). The maximum absolute atomic E-state index is 12.9. The molecule has 2 aliphatic rings. The number of unbranched alkanes of at least 4 members (excludes halogenated alkanes) is 1. The molecule has 23 heavy (non-hydrogen) atoms. The lowest BCUT2D eigenvalue weighted by Gasteiger charge is -2.35. The van der Waals surface area contributed by atoms with Crippen molar-refractivity contribution in [2.45, 2.75) is 45.2 Å². The van der Waals surface area contributed by atoms with E-state index in [9.17, 15) is 4.79 Å². The quantitative estimate of drug-likeness (QED) is 0.879. The van der Waals surface area contributed by atoms with Crippen LogP contribution in [0.2, 0.25) is 0 Å². The Morgan fingerprint density at radius 3 is 2.91 bits per heavy atom. The zero-order valence-electron chi connectivity index (χ0n) is 13.5. The lowest BCUT2D eigenvalue weighted by molar-refractivity contribution is -0.128. The molecule has 1 aromatic heterocycles. The highest BCUT2D eigenvalue weighted by Gasteiger charge is 2.48. The molecule has 0 unspecified atom stereocenters. The van der Waals surface area contributed by atoms with E-state index in [1.54, 1.807) is 0 Å². The fraction of sp³-hybridized carbons (Fsp3) is 0.444. The second-order valence-electron chi connectivity index (χ2n) is 6.49. The monoisotopic (exact) mass is 327 g/mol. The second kappa shape index (κ2) is 5.34. The van der Waals surface area contributed by atoms with Gasteiger partial charge in [-0.25, -0.2) is 0 Å². The average molecular weight is 327 g/mol. The number of nitrogens with zero attached hydrogens (tertiary/aromatic N) is 2. The van der Waals surface area contributed by atoms with Crippen molar-refractivity contribution in [3.05, 3.63) is 35.5 Å². The SMILES string of the molecule is CCCCN1C(=O)[C@H]2Cc3c([nH]c4ccccc34)[C@@H](C)N2C1=S. The van der Waals surface area contributed by atoms with Crippen molar-refractivity contribution in [2.24, 2.45) is 0 Å². The first-order valence-electron chi connectivity index (χ1n) is 8.36. The Morgan fingerprint density at radius 1 is 1.35 bits per heavy atom. The predicted octanol–water partition coefficient (Wildman–Crippen LogP) is 3.38. The molecule has 4 nitrogen and oxygen atoms in total. The van der Waals surface area contributed by atoms with Crippen LogP contribution < -0.4 is 0 Å². The highest BCUT2D eigenvalue weighted by atomic mass is 32.1. The topological polar surface area (TPSA) is 39.3 Å². The Bertz CT molecular complexity index is 797. The molecule has 1 aromatic carbocycles. The van der Waals surface area contributed by atoms with Gasteiger partial charge < -0.3 is 9.88 Å². The smallest absolute Gasteiger partial charge is 0.251 e. The van der Waals surface area contributed by atoms with Crippen molar-refractivity contribution < 1.29 is 4.79 Å². The Kier molecular flexibility index (Phi) is 3.41. The summed E-state index contributed by atoms with van der Waals surface area (Å²) in [6, 6.07) is 8.31. The number of aromatic amines is 1. The molecule has 5 heteroatoms. The highest BCUT2D eigenvalue weighted by Crippen LogP contribution is 2.40. The minimum Gasteiger partial charge on any atom is -0.356 e. The van der Waals surface area contributed by atoms with E-state index < -0.39 is 0 Å². The molecular formula is C18H21N3OS. The summed E-state index contributed by atoms with van der Waals surface area (Å²) in [5.74, 6) is 0.172. The average Bonchev–Trinajstić information content (AvgIpc) is 3.04. The van der Waals surface area contributed by atoms with Crippen molar-refractivity contribution in [2.75, 3.05) is 6.54 Å². The van der Waals surface area contributed by atoms with Gasteiger partial charge in [0.15, 0.2) is 5.11 Å². The Morgan fingerprint density at radius 2 is 2.13 bits per heavy atom. The van der Waals surface area contributed by atoms with E-state index in [-0.39, 0.29) is 18.0 Å². The molecule has 0 aliphatic carbocycles. The zero-order valence-corrected chi connectivity index (χ0v) is 14.3. The zero-order chi connectivity index (χ0) is 16.1. The summed E-state index contributed by atoms with van der Waals surface area (Å²) in [7, 11) is 0. The minimum atomic E-state index is -0.138. The number of hydrogen-bond donors (Lipinski definition) is 1. The van der Waals surface area contributed by atoms with Crippen LogP contribution in [0.4, 0.5) is 0 Å². The molecule has 2 atom stereocenters. The molecule has 2 aliphatic heterocycles. The number of rotatable bonds is 3. The summed E-state index contributed by atoms with van der Waals surface area (Å²) in [5, 5.41) is 1.94. The van der Waals surface area contributed by atoms with Crippen molar-refractivity contribution >= 4 is 34.1 Å². The molecule has 1 N–H and O–H groups in total. The number of carbonyl (C=O) groups is 1. The number of nitrogens with one attached hydrogen (secondary N) is 1. The van der Waals surface area contributed by atoms with E-state index in [0.717, 1.165) is 31.3 Å². The third kappa shape index (κ3) is 2.02. The van der Waals surface area contributed by atoms with E-state index in [2.05, 4.69) is 41.9 Å². The standard InChI is InChI=1S/C18H21N3OS/c1-3-4-9-20-17(22)15-10-13-12-7-5-6-8-14(12)19-16(13)11(2)21(15)18(20)23/h5-8,11,15,19H,3-4,9-10H2,1-2H3/t11-,15-/m1/s1. The lowest BCUT2D eigenvalue weighted by atomic mass is 9.93. The molecule has 1 amide bonds. The minimum absolute atomic E-state index is 0.110. The number of fused-ring (bicyclic) bond motifs is 4. The van der Waals surface area contributed by atoms with Gasteiger partial charge in [0.2, 0.25) is 0 Å². The Balaban J connectivity index is 1.75. The molecule has 1 saturated heterocycles. The molecule has 0 spiro atoms. The van der Waals surface area contributed by atoms with Crippen molar-refractivity contribution in [3.63, 3.8) is 0 Å². The van der Waals surface area contributed by atoms with Gasteiger partial charge in [-0.1, -0.05) is 31.5 Å². The van der Waals surface area contributed by atoms with E-state index in [1.807, 2.05) is 11.0 Å². The van der Waals surface area contributed by atoms with Crippen LogP contribution in [0.25, 0.3) is 10.9 Å². The summed E-state index contributed by atoms with van der Waals surface area (Å²) in [6.07, 6.45) is 2.80. The molecule has 1 fully saturated rings. The van der Waals surface area contributed by atoms with Gasteiger partial charge in [0.25, 0.3) is 5.91 Å². The fourth-order valence-electron chi connectivity index (χ4n) is 3.94. The number of benzene rings is 1. The first kappa shape index (κ1) is 14.7. The van der Waals surface area contributed by atoms with Crippen LogP contribution in [0, 0.1) is 0 Å². The molecule has 120 valence electrons. The van der Waals surface area contributed by atoms with Gasteiger partial charge in [0.1, 0.15) is 6.04 Å². The maximum Gasteiger partial charge on any atom is 0.251 e. The number of H-pyrrole nitrogens is 1. The third-order valence-corrected chi connectivity index (χ3v) is 5.58. The van der Waals surface area contributed by atoms with Gasteiger partial charge in [-0.3, -0.25) is 9.69 Å². The molecule has 0 radical (unpaired) electrons. The van der Waals surface area contributed by atoms with Crippen molar-refractivity contribution in [1.29, 1.82) is 0 Å². The van der Waals surface area contributed by atoms with Crippen LogP contribution in [-0.2, 0) is 11.2 Å². The van der Waals surface area contributed by atoms with Crippen LogP contribution in [-0.4, -0.2) is 38.4 Å². The molecule has 0 bridgehead atoms. The number of para-hydroxylation sites is 1. The van der Waals surface area contributed by atoms with E-state index >= 15 is 0 Å². The van der Waals surface area contributed by atoms with Crippen LogP contribution in [0.5, 0.6) is 0 Å². The van der Waals surface area contributed by atoms with Gasteiger partial charge in [-0.15, -0.1) is 0 Å². The molecule has 3 heterocycles. The van der Waals surface area contributed by atoms with Gasteiger partial charge in [0, 0.05) is 29.6 Å². The Hall–Kier alpha value is -1.88. The summed E-state index contributed by atoms with van der Waals surface area (Å²) >= 11 is 5.63. The summed E-state index contributed by atoms with van der Waals surface area (Å²) in [5.41, 5.74) is 3.63. The second-order valence-corrected chi connectivity index (χ2v) is 6.86. The lowest BCUT2D eigenvalue weighted by Crippen LogP contribution is -2.42. The number of amides is 1. The van der Waals surface area contributed by atoms with Crippen LogP contribution in [0.1, 0.15) is 44.0 Å². The molecule has 0 saturated carbocycles. The van der Waals surface area contributed by atoms with Gasteiger partial charge in [-0.2, -0.15) is 0 Å². The maximum atomic E-state index is 12.9. The third-order valence-electron chi connectivity index (χ3n) is 5.15. The highest BCUT2D eigenvalue weighted by molar-refractivity contribution is 7.80. The van der Waals surface area contributed by atoms with Crippen LogP contribution in [0.3, 0.4) is 0 Å². The van der Waals surface area contributed by atoms with Gasteiger partial charge in [0.05, 0.1) is 6.04 Å². The normalized spacial score (nSPS) is 23.6. The summed E-state index contributed by atoms with van der Waals surface area (Å²) < 4.78 is 0. The number of thiocarbonyl (C=S) groups is 1. The fourth-order valence-corrected chi connectivity index (χ4v) is 4.41. The first-order valence-corrected chi connectivity index (χ1v) is 8.77. The molecular weight excluding hydrogens is 306 g/mol. The van der Waals surface area contributed by atoms with Crippen molar-refractivity contribution in [1.82, 2.24) is 14.8 Å². The van der Waals surface area contributed by atoms with E-state index in [1.165, 1.54) is 16.6 Å². The van der Waals surface area contributed by atoms with Gasteiger partial charge in [-0.05, 0) is 37.2 Å². The van der Waals surface area contributed by atoms with Gasteiger partial charge >= 0.3 is 0 Å². The Labute approximate surface area is 141 Å². The number of carbonyl (C=O) groups excluding carboxylic acids is 1. The first-order chi connectivity index (χ1) is 11.1. The largest absolute Gasteiger partial charge is 0.356 e. The van der Waals surface area contributed by atoms with Crippen LogP contribution in [0.15, 0.2) is 24.3 Å². The van der Waals surface area contributed by atoms with Crippen LogP contribution >= 0.6 is 12.2 Å². The van der Waals surface area contributed by atoms with E-state index in [0.29, 0.717) is 5.11 Å². The summed E-state index contributed by atoms with van der Waals surface area (Å²) in [6.45, 7) is 5.02. The van der Waals surface area contributed by atoms with Crippen molar-refractivity contribution in [3.8, 4) is 0 Å². The van der Waals surface area contributed by atoms with E-state index in [4.69, 9.17) is 12.2 Å².